The number of rotatable bonds is 3. The van der Waals surface area contributed by atoms with Gasteiger partial charge in [-0.15, -0.1) is 0 Å². The van der Waals surface area contributed by atoms with Gasteiger partial charge in [0, 0.05) is 5.69 Å². The topological polar surface area (TPSA) is 80.0 Å². The molecule has 2 aromatic rings. The van der Waals surface area contributed by atoms with Gasteiger partial charge >= 0.3 is 0 Å². The van der Waals surface area contributed by atoms with Crippen molar-refractivity contribution in [1.82, 2.24) is 15.5 Å². The maximum atomic E-state index is 12.0. The second-order valence-corrected chi connectivity index (χ2v) is 4.93. The third kappa shape index (κ3) is 2.70. The Balaban J connectivity index is 1.69. The van der Waals surface area contributed by atoms with Gasteiger partial charge in [-0.25, -0.2) is 0 Å². The Hall–Kier alpha value is -2.21. The smallest absolute Gasteiger partial charge is 0.297 e. The van der Waals surface area contributed by atoms with E-state index in [9.17, 15) is 4.79 Å². The molecular weight excluding hydrogens is 256 g/mol. The van der Waals surface area contributed by atoms with Crippen LogP contribution >= 0.6 is 0 Å². The molecule has 2 heterocycles. The molecule has 20 heavy (non-hydrogen) atoms. The lowest BCUT2D eigenvalue weighted by Gasteiger charge is -2.02. The average molecular weight is 272 g/mol. The molecule has 0 spiro atoms. The number of amides is 1. The van der Waals surface area contributed by atoms with Crippen molar-refractivity contribution in [2.45, 2.75) is 25.8 Å². The highest BCUT2D eigenvalue weighted by atomic mass is 16.5. The summed E-state index contributed by atoms with van der Waals surface area (Å²) in [5.41, 5.74) is 1.85. The maximum absolute atomic E-state index is 12.0. The largest absolute Gasteiger partial charge is 0.337 e. The van der Waals surface area contributed by atoms with Crippen molar-refractivity contribution in [3.05, 3.63) is 41.5 Å². The quantitative estimate of drug-likeness (QED) is 0.894. The summed E-state index contributed by atoms with van der Waals surface area (Å²) in [6, 6.07) is 7.61. The SMILES string of the molecule is Cc1ccc(NC(=O)c2noc(C3CCCN3)n2)cc1. The molecule has 0 bridgehead atoms. The molecule has 3 rings (SSSR count). The molecule has 1 atom stereocenters. The van der Waals surface area contributed by atoms with E-state index in [0.29, 0.717) is 11.6 Å². The molecule has 2 N–H and O–H groups in total. The van der Waals surface area contributed by atoms with Crippen LogP contribution < -0.4 is 10.6 Å². The van der Waals surface area contributed by atoms with Crippen LogP contribution in [0, 0.1) is 6.92 Å². The summed E-state index contributed by atoms with van der Waals surface area (Å²) in [5.74, 6) is 0.188. The van der Waals surface area contributed by atoms with Crippen molar-refractivity contribution in [1.29, 1.82) is 0 Å². The van der Waals surface area contributed by atoms with E-state index in [4.69, 9.17) is 4.52 Å². The third-order valence-corrected chi connectivity index (χ3v) is 3.31. The fraction of sp³-hybridized carbons (Fsp3) is 0.357. The van der Waals surface area contributed by atoms with Gasteiger partial charge in [-0.3, -0.25) is 4.79 Å². The molecule has 1 saturated heterocycles. The Morgan fingerprint density at radius 2 is 2.20 bits per heavy atom. The van der Waals surface area contributed by atoms with E-state index < -0.39 is 0 Å². The number of hydrogen-bond donors (Lipinski definition) is 2. The molecule has 1 unspecified atom stereocenters. The minimum atomic E-state index is -0.359. The highest BCUT2D eigenvalue weighted by Gasteiger charge is 2.24. The predicted molar refractivity (Wildman–Crippen MR) is 73.4 cm³/mol. The highest BCUT2D eigenvalue weighted by molar-refractivity contribution is 6.01. The number of anilines is 1. The van der Waals surface area contributed by atoms with Gasteiger partial charge in [0.2, 0.25) is 5.89 Å². The first-order valence-corrected chi connectivity index (χ1v) is 6.67. The summed E-state index contributed by atoms with van der Waals surface area (Å²) in [6.45, 7) is 2.93. The van der Waals surface area contributed by atoms with Crippen LogP contribution in [0.15, 0.2) is 28.8 Å². The molecule has 0 radical (unpaired) electrons. The molecule has 1 fully saturated rings. The molecule has 0 saturated carbocycles. The normalized spacial score (nSPS) is 18.1. The molecule has 1 amide bonds. The lowest BCUT2D eigenvalue weighted by molar-refractivity contribution is 0.101. The number of benzene rings is 1. The van der Waals surface area contributed by atoms with Crippen LogP contribution in [0.2, 0.25) is 0 Å². The van der Waals surface area contributed by atoms with E-state index in [1.54, 1.807) is 0 Å². The van der Waals surface area contributed by atoms with Crippen molar-refractivity contribution in [3.63, 3.8) is 0 Å². The molecule has 6 nitrogen and oxygen atoms in total. The van der Waals surface area contributed by atoms with Crippen LogP contribution in [-0.4, -0.2) is 22.6 Å². The van der Waals surface area contributed by atoms with Gasteiger partial charge in [-0.1, -0.05) is 22.9 Å². The highest BCUT2D eigenvalue weighted by Crippen LogP contribution is 2.21. The Bertz CT molecular complexity index is 600. The summed E-state index contributed by atoms with van der Waals surface area (Å²) in [6.07, 6.45) is 2.04. The van der Waals surface area contributed by atoms with Crippen molar-refractivity contribution in [2.24, 2.45) is 0 Å². The average Bonchev–Trinajstić information content (AvgIpc) is 3.11. The van der Waals surface area contributed by atoms with E-state index in [1.165, 1.54) is 0 Å². The zero-order valence-electron chi connectivity index (χ0n) is 11.2. The molecule has 1 aliphatic rings. The Morgan fingerprint density at radius 1 is 1.40 bits per heavy atom. The molecule has 1 aromatic heterocycles. The minimum Gasteiger partial charge on any atom is -0.337 e. The summed E-state index contributed by atoms with van der Waals surface area (Å²) >= 11 is 0. The van der Waals surface area contributed by atoms with E-state index >= 15 is 0 Å². The summed E-state index contributed by atoms with van der Waals surface area (Å²) in [5, 5.41) is 9.73. The van der Waals surface area contributed by atoms with Crippen molar-refractivity contribution < 1.29 is 9.32 Å². The van der Waals surface area contributed by atoms with E-state index in [0.717, 1.165) is 24.9 Å². The second kappa shape index (κ2) is 5.42. The third-order valence-electron chi connectivity index (χ3n) is 3.31. The van der Waals surface area contributed by atoms with Crippen molar-refractivity contribution >= 4 is 11.6 Å². The number of aromatic nitrogens is 2. The molecule has 104 valence electrons. The lowest BCUT2D eigenvalue weighted by Crippen LogP contribution is -2.15. The van der Waals surface area contributed by atoms with E-state index in [-0.39, 0.29) is 17.8 Å². The second-order valence-electron chi connectivity index (χ2n) is 4.93. The first-order valence-electron chi connectivity index (χ1n) is 6.67. The van der Waals surface area contributed by atoms with Crippen LogP contribution in [0.4, 0.5) is 5.69 Å². The molecule has 1 aliphatic heterocycles. The fourth-order valence-electron chi connectivity index (χ4n) is 2.19. The van der Waals surface area contributed by atoms with E-state index in [1.807, 2.05) is 31.2 Å². The predicted octanol–water partition coefficient (Wildman–Crippen LogP) is 2.05. The van der Waals surface area contributed by atoms with Crippen LogP contribution in [0.25, 0.3) is 0 Å². The monoisotopic (exact) mass is 272 g/mol. The standard InChI is InChI=1S/C14H16N4O2/c1-9-4-6-10(7-5-9)16-13(19)12-17-14(20-18-12)11-3-2-8-15-11/h4-7,11,15H,2-3,8H2,1H3,(H,16,19). The van der Waals surface area contributed by atoms with Gasteiger partial charge < -0.3 is 15.2 Å². The first-order chi connectivity index (χ1) is 9.72. The van der Waals surface area contributed by atoms with Crippen LogP contribution in [0.1, 0.15) is 41.0 Å². The molecular formula is C14H16N4O2. The molecule has 1 aromatic carbocycles. The lowest BCUT2D eigenvalue weighted by atomic mass is 10.2. The first kappa shape index (κ1) is 12.8. The number of carbonyl (C=O) groups is 1. The Morgan fingerprint density at radius 3 is 2.90 bits per heavy atom. The zero-order valence-corrected chi connectivity index (χ0v) is 11.2. The van der Waals surface area contributed by atoms with Gasteiger partial charge in [-0.05, 0) is 38.4 Å². The number of carbonyl (C=O) groups excluding carboxylic acids is 1. The van der Waals surface area contributed by atoms with Crippen LogP contribution in [0.5, 0.6) is 0 Å². The van der Waals surface area contributed by atoms with Crippen LogP contribution in [-0.2, 0) is 0 Å². The zero-order chi connectivity index (χ0) is 13.9. The van der Waals surface area contributed by atoms with E-state index in [2.05, 4.69) is 20.8 Å². The van der Waals surface area contributed by atoms with Gasteiger partial charge in [0.05, 0.1) is 6.04 Å². The number of nitrogens with one attached hydrogen (secondary N) is 2. The van der Waals surface area contributed by atoms with Crippen LogP contribution in [0.3, 0.4) is 0 Å². The Labute approximate surface area is 116 Å². The summed E-state index contributed by atoms with van der Waals surface area (Å²) in [4.78, 5) is 16.2. The summed E-state index contributed by atoms with van der Waals surface area (Å²) < 4.78 is 5.14. The number of aryl methyl sites for hydroxylation is 1. The van der Waals surface area contributed by atoms with Crippen molar-refractivity contribution in [3.8, 4) is 0 Å². The molecule has 6 heteroatoms. The fourth-order valence-corrected chi connectivity index (χ4v) is 2.19. The van der Waals surface area contributed by atoms with Gasteiger partial charge in [0.25, 0.3) is 11.7 Å². The maximum Gasteiger partial charge on any atom is 0.297 e. The number of hydrogen-bond acceptors (Lipinski definition) is 5. The van der Waals surface area contributed by atoms with Gasteiger partial charge in [0.15, 0.2) is 0 Å². The summed E-state index contributed by atoms with van der Waals surface area (Å²) in [7, 11) is 0. The molecule has 0 aliphatic carbocycles. The number of nitrogens with zero attached hydrogens (tertiary/aromatic N) is 2. The van der Waals surface area contributed by atoms with Crippen molar-refractivity contribution in [2.75, 3.05) is 11.9 Å². The minimum absolute atomic E-state index is 0.0641. The van der Waals surface area contributed by atoms with Gasteiger partial charge in [-0.2, -0.15) is 4.98 Å². The van der Waals surface area contributed by atoms with Gasteiger partial charge in [0.1, 0.15) is 0 Å². The Kier molecular flexibility index (Phi) is 3.47.